The number of amides is 1. The van der Waals surface area contributed by atoms with Crippen LogP contribution < -0.4 is 5.32 Å². The van der Waals surface area contributed by atoms with Gasteiger partial charge in [-0.2, -0.15) is 5.10 Å². The smallest absolute Gasteiger partial charge is 0.252 e. The van der Waals surface area contributed by atoms with E-state index in [1.165, 1.54) is 12.8 Å². The van der Waals surface area contributed by atoms with E-state index in [9.17, 15) is 4.79 Å². The van der Waals surface area contributed by atoms with E-state index in [4.69, 9.17) is 0 Å². The topological polar surface area (TPSA) is 59.8 Å². The molecule has 4 rings (SSSR count). The van der Waals surface area contributed by atoms with Crippen molar-refractivity contribution in [3.05, 3.63) is 35.2 Å². The standard InChI is InChI=1S/C18H22N4O/c1-10-6-15(16-11(2)21-22(3)17(16)20-10)18(23)19-9-14-8-12-4-5-13(14)7-12/h4-6,12-14H,7-9H2,1-3H3,(H,19,23)/t12-,13-,14+/m0/s1. The Balaban J connectivity index is 1.58. The average Bonchev–Trinajstić information content (AvgIpc) is 3.20. The molecule has 1 fully saturated rings. The minimum absolute atomic E-state index is 0.0108. The van der Waals surface area contributed by atoms with Crippen LogP contribution in [-0.2, 0) is 7.05 Å². The van der Waals surface area contributed by atoms with Gasteiger partial charge >= 0.3 is 0 Å². The Labute approximate surface area is 135 Å². The first-order chi connectivity index (χ1) is 11.0. The van der Waals surface area contributed by atoms with Crippen molar-refractivity contribution in [1.82, 2.24) is 20.1 Å². The first kappa shape index (κ1) is 14.4. The van der Waals surface area contributed by atoms with E-state index >= 15 is 0 Å². The van der Waals surface area contributed by atoms with Gasteiger partial charge < -0.3 is 5.32 Å². The molecule has 1 amide bonds. The fourth-order valence-corrected chi connectivity index (χ4v) is 4.20. The highest BCUT2D eigenvalue weighted by molar-refractivity contribution is 6.06. The Hall–Kier alpha value is -2.17. The number of hydrogen-bond donors (Lipinski definition) is 1. The van der Waals surface area contributed by atoms with Gasteiger partial charge in [0.05, 0.1) is 16.6 Å². The lowest BCUT2D eigenvalue weighted by Gasteiger charge is -2.18. The molecule has 23 heavy (non-hydrogen) atoms. The van der Waals surface area contributed by atoms with Gasteiger partial charge in [0.1, 0.15) is 0 Å². The number of aryl methyl sites for hydroxylation is 3. The van der Waals surface area contributed by atoms with Gasteiger partial charge in [-0.15, -0.1) is 0 Å². The molecule has 2 aromatic heterocycles. The van der Waals surface area contributed by atoms with Crippen LogP contribution in [0.15, 0.2) is 18.2 Å². The van der Waals surface area contributed by atoms with Crippen molar-refractivity contribution in [2.45, 2.75) is 26.7 Å². The highest BCUT2D eigenvalue weighted by Crippen LogP contribution is 2.43. The fourth-order valence-electron chi connectivity index (χ4n) is 4.20. The molecule has 0 spiro atoms. The SMILES string of the molecule is Cc1cc(C(=O)NC[C@H]2C[C@H]3C=C[C@H]2C3)c2c(C)nn(C)c2n1. The lowest BCUT2D eigenvalue weighted by Crippen LogP contribution is -2.31. The molecular weight excluding hydrogens is 288 g/mol. The fraction of sp³-hybridized carbons (Fsp3) is 0.500. The summed E-state index contributed by atoms with van der Waals surface area (Å²) in [4.78, 5) is 17.3. The number of carbonyl (C=O) groups is 1. The molecule has 5 heteroatoms. The van der Waals surface area contributed by atoms with E-state index in [0.717, 1.165) is 34.9 Å². The third-order valence-electron chi connectivity index (χ3n) is 5.28. The zero-order valence-corrected chi connectivity index (χ0v) is 13.8. The highest BCUT2D eigenvalue weighted by atomic mass is 16.1. The lowest BCUT2D eigenvalue weighted by molar-refractivity contribution is 0.0946. The van der Waals surface area contributed by atoms with Crippen molar-refractivity contribution in [3.63, 3.8) is 0 Å². The van der Waals surface area contributed by atoms with Crippen molar-refractivity contribution in [3.8, 4) is 0 Å². The van der Waals surface area contributed by atoms with Crippen LogP contribution in [0.1, 0.15) is 34.6 Å². The van der Waals surface area contributed by atoms with E-state index in [0.29, 0.717) is 17.4 Å². The monoisotopic (exact) mass is 310 g/mol. The number of nitrogens with one attached hydrogen (secondary N) is 1. The van der Waals surface area contributed by atoms with Gasteiger partial charge in [-0.25, -0.2) is 4.98 Å². The first-order valence-corrected chi connectivity index (χ1v) is 8.30. The number of allylic oxidation sites excluding steroid dienone is 2. The van der Waals surface area contributed by atoms with Gasteiger partial charge in [0.15, 0.2) is 5.65 Å². The summed E-state index contributed by atoms with van der Waals surface area (Å²) in [6.07, 6.45) is 7.13. The molecule has 1 N–H and O–H groups in total. The number of pyridine rings is 1. The van der Waals surface area contributed by atoms with Crippen molar-refractivity contribution in [2.75, 3.05) is 6.54 Å². The molecule has 2 bridgehead atoms. The van der Waals surface area contributed by atoms with E-state index in [1.807, 2.05) is 27.0 Å². The van der Waals surface area contributed by atoms with Gasteiger partial charge in [0.25, 0.3) is 5.91 Å². The van der Waals surface area contributed by atoms with E-state index in [2.05, 4.69) is 27.6 Å². The minimum atomic E-state index is -0.0108. The molecule has 2 aromatic rings. The molecule has 1 saturated carbocycles. The van der Waals surface area contributed by atoms with Gasteiger partial charge in [0.2, 0.25) is 0 Å². The Bertz CT molecular complexity index is 820. The van der Waals surface area contributed by atoms with E-state index in [1.54, 1.807) is 4.68 Å². The zero-order chi connectivity index (χ0) is 16.1. The van der Waals surface area contributed by atoms with E-state index in [-0.39, 0.29) is 5.91 Å². The van der Waals surface area contributed by atoms with Crippen molar-refractivity contribution >= 4 is 16.9 Å². The summed E-state index contributed by atoms with van der Waals surface area (Å²) in [6, 6.07) is 1.87. The lowest BCUT2D eigenvalue weighted by atomic mass is 9.93. The van der Waals surface area contributed by atoms with Crippen LogP contribution in [0.5, 0.6) is 0 Å². The Kier molecular flexibility index (Phi) is 3.25. The van der Waals surface area contributed by atoms with Gasteiger partial charge in [0, 0.05) is 19.3 Å². The van der Waals surface area contributed by atoms with Crippen LogP contribution in [0, 0.1) is 31.6 Å². The Morgan fingerprint density at radius 2 is 2.17 bits per heavy atom. The third-order valence-corrected chi connectivity index (χ3v) is 5.28. The molecule has 0 radical (unpaired) electrons. The number of hydrogen-bond acceptors (Lipinski definition) is 3. The van der Waals surface area contributed by atoms with Crippen LogP contribution in [0.2, 0.25) is 0 Å². The second-order valence-corrected chi connectivity index (χ2v) is 6.97. The predicted octanol–water partition coefficient (Wildman–Crippen LogP) is 2.53. The van der Waals surface area contributed by atoms with Gasteiger partial charge in [-0.1, -0.05) is 12.2 Å². The Morgan fingerprint density at radius 1 is 1.35 bits per heavy atom. The molecule has 0 saturated heterocycles. The van der Waals surface area contributed by atoms with Crippen LogP contribution in [-0.4, -0.2) is 27.2 Å². The first-order valence-electron chi connectivity index (χ1n) is 8.30. The molecule has 2 aliphatic rings. The van der Waals surface area contributed by atoms with Gasteiger partial charge in [-0.05, 0) is 50.5 Å². The van der Waals surface area contributed by atoms with Crippen molar-refractivity contribution in [1.29, 1.82) is 0 Å². The molecule has 0 aromatic carbocycles. The van der Waals surface area contributed by atoms with E-state index < -0.39 is 0 Å². The van der Waals surface area contributed by atoms with Crippen molar-refractivity contribution < 1.29 is 4.79 Å². The summed E-state index contributed by atoms with van der Waals surface area (Å²) in [5, 5.41) is 8.42. The molecule has 2 heterocycles. The maximum Gasteiger partial charge on any atom is 0.252 e. The summed E-state index contributed by atoms with van der Waals surface area (Å²) in [5.41, 5.74) is 3.16. The number of carbonyl (C=O) groups excluding carboxylic acids is 1. The quantitative estimate of drug-likeness (QED) is 0.886. The average molecular weight is 310 g/mol. The summed E-state index contributed by atoms with van der Waals surface area (Å²) in [5.74, 6) is 1.96. The third kappa shape index (κ3) is 2.35. The largest absolute Gasteiger partial charge is 0.352 e. The molecule has 5 nitrogen and oxygen atoms in total. The minimum Gasteiger partial charge on any atom is -0.352 e. The summed E-state index contributed by atoms with van der Waals surface area (Å²) >= 11 is 0. The predicted molar refractivity (Wildman–Crippen MR) is 89.2 cm³/mol. The highest BCUT2D eigenvalue weighted by Gasteiger charge is 2.35. The molecule has 2 aliphatic carbocycles. The Morgan fingerprint density at radius 3 is 2.87 bits per heavy atom. The maximum absolute atomic E-state index is 12.7. The second-order valence-electron chi connectivity index (χ2n) is 6.97. The van der Waals surface area contributed by atoms with Crippen LogP contribution in [0.3, 0.4) is 0 Å². The summed E-state index contributed by atoms with van der Waals surface area (Å²) < 4.78 is 1.75. The van der Waals surface area contributed by atoms with Crippen molar-refractivity contribution in [2.24, 2.45) is 24.8 Å². The normalized spacial score (nSPS) is 25.4. The molecular formula is C18H22N4O. The van der Waals surface area contributed by atoms with Crippen LogP contribution in [0.25, 0.3) is 11.0 Å². The van der Waals surface area contributed by atoms with Crippen LogP contribution >= 0.6 is 0 Å². The second kappa shape index (κ2) is 5.18. The number of rotatable bonds is 3. The summed E-state index contributed by atoms with van der Waals surface area (Å²) in [6.45, 7) is 4.60. The van der Waals surface area contributed by atoms with Crippen LogP contribution in [0.4, 0.5) is 0 Å². The number of nitrogens with zero attached hydrogens (tertiary/aromatic N) is 3. The molecule has 3 atom stereocenters. The zero-order valence-electron chi connectivity index (χ0n) is 13.8. The van der Waals surface area contributed by atoms with Gasteiger partial charge in [-0.3, -0.25) is 9.48 Å². The molecule has 0 aliphatic heterocycles. The summed E-state index contributed by atoms with van der Waals surface area (Å²) in [7, 11) is 1.87. The molecule has 120 valence electrons. The molecule has 0 unspecified atom stereocenters. The maximum atomic E-state index is 12.7. The number of aromatic nitrogens is 3. The number of fused-ring (bicyclic) bond motifs is 3.